The summed E-state index contributed by atoms with van der Waals surface area (Å²) in [5, 5.41) is 1.43. The van der Waals surface area contributed by atoms with Gasteiger partial charge >= 0.3 is 0 Å². The number of alkyl halides is 1. The van der Waals surface area contributed by atoms with Gasteiger partial charge in [0.1, 0.15) is 5.38 Å². The lowest BCUT2D eigenvalue weighted by molar-refractivity contribution is -0.125. The maximum atomic E-state index is 11.7. The number of imide groups is 1. The van der Waals surface area contributed by atoms with E-state index in [1.165, 1.54) is 0 Å². The first-order valence-corrected chi connectivity index (χ1v) is 6.40. The van der Waals surface area contributed by atoms with Gasteiger partial charge in [-0.2, -0.15) is 0 Å². The first kappa shape index (κ1) is 12.6. The lowest BCUT2D eigenvalue weighted by Crippen LogP contribution is -2.22. The number of benzene rings is 1. The molecule has 17 heavy (non-hydrogen) atoms. The van der Waals surface area contributed by atoms with Crippen molar-refractivity contribution in [3.05, 3.63) is 33.3 Å². The van der Waals surface area contributed by atoms with Crippen molar-refractivity contribution in [1.29, 1.82) is 0 Å². The van der Waals surface area contributed by atoms with Crippen molar-refractivity contribution in [2.75, 3.05) is 0 Å². The van der Waals surface area contributed by atoms with Crippen molar-refractivity contribution in [3.63, 3.8) is 0 Å². The third-order valence-electron chi connectivity index (χ3n) is 2.89. The molecule has 0 aliphatic carbocycles. The highest BCUT2D eigenvalue weighted by atomic mass is 79.9. The minimum Gasteiger partial charge on any atom is -0.295 e. The maximum Gasteiger partial charge on any atom is 0.245 e. The molecule has 3 nitrogen and oxygen atoms in total. The SMILES string of the molecule is Cc1cc(C2C(=O)NC(=O)C2Cl)cc(C)c1Br. The molecule has 2 atom stereocenters. The fraction of sp³-hybridized carbons (Fsp3) is 0.333. The molecule has 0 radical (unpaired) electrons. The Morgan fingerprint density at radius 2 is 1.71 bits per heavy atom. The molecule has 1 fully saturated rings. The summed E-state index contributed by atoms with van der Waals surface area (Å²) in [7, 11) is 0. The van der Waals surface area contributed by atoms with Crippen LogP contribution >= 0.6 is 27.5 Å². The summed E-state index contributed by atoms with van der Waals surface area (Å²) >= 11 is 9.42. The van der Waals surface area contributed by atoms with Crippen LogP contribution in [0.1, 0.15) is 22.6 Å². The van der Waals surface area contributed by atoms with E-state index < -0.39 is 17.2 Å². The average molecular weight is 317 g/mol. The van der Waals surface area contributed by atoms with E-state index in [2.05, 4.69) is 21.2 Å². The Labute approximate surface area is 113 Å². The molecule has 0 aromatic heterocycles. The third-order valence-corrected chi connectivity index (χ3v) is 4.59. The van der Waals surface area contributed by atoms with Crippen molar-refractivity contribution in [2.24, 2.45) is 0 Å². The predicted octanol–water partition coefficient (Wildman–Crippen LogP) is 2.41. The van der Waals surface area contributed by atoms with Gasteiger partial charge in [-0.25, -0.2) is 0 Å². The van der Waals surface area contributed by atoms with Crippen molar-refractivity contribution >= 4 is 39.3 Å². The quantitative estimate of drug-likeness (QED) is 0.639. The molecular weight excluding hydrogens is 305 g/mol. The Bertz CT molecular complexity index is 492. The second kappa shape index (κ2) is 4.42. The number of aryl methyl sites for hydroxylation is 2. The molecule has 2 unspecified atom stereocenters. The van der Waals surface area contributed by atoms with E-state index in [0.717, 1.165) is 21.2 Å². The van der Waals surface area contributed by atoms with Gasteiger partial charge in [-0.1, -0.05) is 28.1 Å². The minimum absolute atomic E-state index is 0.323. The molecule has 0 bridgehead atoms. The number of nitrogens with one attached hydrogen (secondary N) is 1. The van der Waals surface area contributed by atoms with Crippen LogP contribution in [0, 0.1) is 13.8 Å². The van der Waals surface area contributed by atoms with Crippen LogP contribution in [-0.4, -0.2) is 17.2 Å². The van der Waals surface area contributed by atoms with Crippen molar-refractivity contribution < 1.29 is 9.59 Å². The molecular formula is C12H11BrClNO2. The van der Waals surface area contributed by atoms with Gasteiger partial charge < -0.3 is 0 Å². The topological polar surface area (TPSA) is 46.2 Å². The Kier molecular flexibility index (Phi) is 3.27. The van der Waals surface area contributed by atoms with Crippen LogP contribution in [0.15, 0.2) is 16.6 Å². The highest BCUT2D eigenvalue weighted by Crippen LogP contribution is 2.32. The second-order valence-corrected chi connectivity index (χ2v) is 5.46. The predicted molar refractivity (Wildman–Crippen MR) is 69.1 cm³/mol. The number of hydrogen-bond donors (Lipinski definition) is 1. The minimum atomic E-state index is -0.817. The van der Waals surface area contributed by atoms with Gasteiger partial charge in [-0.15, -0.1) is 11.6 Å². The van der Waals surface area contributed by atoms with E-state index >= 15 is 0 Å². The van der Waals surface area contributed by atoms with Crippen LogP contribution in [0.4, 0.5) is 0 Å². The number of carbonyl (C=O) groups is 2. The van der Waals surface area contributed by atoms with Crippen LogP contribution in [0.3, 0.4) is 0 Å². The summed E-state index contributed by atoms with van der Waals surface area (Å²) in [5.74, 6) is -1.33. The van der Waals surface area contributed by atoms with Crippen molar-refractivity contribution in [2.45, 2.75) is 25.1 Å². The molecule has 1 aromatic carbocycles. The third kappa shape index (κ3) is 2.11. The highest BCUT2D eigenvalue weighted by Gasteiger charge is 2.41. The normalized spacial score (nSPS) is 24.0. The average Bonchev–Trinajstić information content (AvgIpc) is 2.49. The summed E-state index contributed by atoms with van der Waals surface area (Å²) in [6.45, 7) is 3.89. The number of carbonyl (C=O) groups excluding carboxylic acids is 2. The van der Waals surface area contributed by atoms with Crippen LogP contribution in [0.25, 0.3) is 0 Å². The van der Waals surface area contributed by atoms with E-state index in [0.29, 0.717) is 0 Å². The van der Waals surface area contributed by atoms with Crippen LogP contribution in [0.5, 0.6) is 0 Å². The molecule has 0 spiro atoms. The Balaban J connectivity index is 2.48. The first-order chi connectivity index (χ1) is 7.91. The number of halogens is 2. The lowest BCUT2D eigenvalue weighted by atomic mass is 9.94. The molecule has 2 rings (SSSR count). The zero-order valence-electron chi connectivity index (χ0n) is 9.38. The van der Waals surface area contributed by atoms with Crippen molar-refractivity contribution in [1.82, 2.24) is 5.32 Å². The van der Waals surface area contributed by atoms with E-state index in [1.54, 1.807) is 0 Å². The van der Waals surface area contributed by atoms with Gasteiger partial charge in [0.05, 0.1) is 5.92 Å². The second-order valence-electron chi connectivity index (χ2n) is 4.20. The molecule has 5 heteroatoms. The molecule has 1 heterocycles. The molecule has 1 aliphatic heterocycles. The Morgan fingerprint density at radius 1 is 1.18 bits per heavy atom. The fourth-order valence-corrected chi connectivity index (χ4v) is 2.58. The summed E-state index contributed by atoms with van der Waals surface area (Å²) in [6, 6.07) is 3.77. The summed E-state index contributed by atoms with van der Waals surface area (Å²) < 4.78 is 1.01. The lowest BCUT2D eigenvalue weighted by Gasteiger charge is -2.13. The highest BCUT2D eigenvalue weighted by molar-refractivity contribution is 9.10. The van der Waals surface area contributed by atoms with Crippen LogP contribution in [-0.2, 0) is 9.59 Å². The number of rotatable bonds is 1. The van der Waals surface area contributed by atoms with E-state index in [9.17, 15) is 9.59 Å². The van der Waals surface area contributed by atoms with Gasteiger partial charge in [0.25, 0.3) is 0 Å². The molecule has 2 amide bonds. The zero-order chi connectivity index (χ0) is 12.7. The Morgan fingerprint density at radius 3 is 2.12 bits per heavy atom. The van der Waals surface area contributed by atoms with Gasteiger partial charge in [0, 0.05) is 4.47 Å². The zero-order valence-corrected chi connectivity index (χ0v) is 11.7. The smallest absolute Gasteiger partial charge is 0.245 e. The number of amides is 2. The monoisotopic (exact) mass is 315 g/mol. The van der Waals surface area contributed by atoms with Crippen molar-refractivity contribution in [3.8, 4) is 0 Å². The van der Waals surface area contributed by atoms with Gasteiger partial charge in [-0.05, 0) is 30.5 Å². The fourth-order valence-electron chi connectivity index (χ4n) is 2.03. The molecule has 90 valence electrons. The summed E-state index contributed by atoms with van der Waals surface area (Å²) in [6.07, 6.45) is 0. The molecule has 1 aliphatic rings. The first-order valence-electron chi connectivity index (χ1n) is 5.17. The maximum absolute atomic E-state index is 11.7. The van der Waals surface area contributed by atoms with Gasteiger partial charge in [-0.3, -0.25) is 14.9 Å². The molecule has 1 N–H and O–H groups in total. The molecule has 1 saturated heterocycles. The van der Waals surface area contributed by atoms with E-state index in [1.807, 2.05) is 26.0 Å². The van der Waals surface area contributed by atoms with E-state index in [4.69, 9.17) is 11.6 Å². The van der Waals surface area contributed by atoms with Gasteiger partial charge in [0.15, 0.2) is 0 Å². The Hall–Kier alpha value is -0.870. The van der Waals surface area contributed by atoms with E-state index in [-0.39, 0.29) is 5.91 Å². The molecule has 0 saturated carbocycles. The largest absolute Gasteiger partial charge is 0.295 e. The van der Waals surface area contributed by atoms with Crippen LogP contribution in [0.2, 0.25) is 0 Å². The summed E-state index contributed by atoms with van der Waals surface area (Å²) in [5.41, 5.74) is 2.83. The molecule has 1 aromatic rings. The number of hydrogen-bond acceptors (Lipinski definition) is 2. The summed E-state index contributed by atoms with van der Waals surface area (Å²) in [4.78, 5) is 23.0. The van der Waals surface area contributed by atoms with Gasteiger partial charge in [0.2, 0.25) is 11.8 Å². The van der Waals surface area contributed by atoms with Crippen LogP contribution < -0.4 is 5.32 Å². The standard InChI is InChI=1S/C12H11BrClNO2/c1-5-3-7(4-6(2)9(5)13)8-10(14)12(17)15-11(8)16/h3-4,8,10H,1-2H3,(H,15,16,17).